The summed E-state index contributed by atoms with van der Waals surface area (Å²) in [5, 5.41) is 8.79. The molecule has 9 heavy (non-hydrogen) atoms. The van der Waals surface area contributed by atoms with Crippen molar-refractivity contribution in [3.8, 4) is 0 Å². The van der Waals surface area contributed by atoms with E-state index in [2.05, 4.69) is 0 Å². The second-order valence-electron chi connectivity index (χ2n) is 2.30. The number of allylic oxidation sites excluding steroid dienone is 3. The highest BCUT2D eigenvalue weighted by Crippen LogP contribution is 2.17. The van der Waals surface area contributed by atoms with Crippen LogP contribution in [0.1, 0.15) is 13.3 Å². The van der Waals surface area contributed by atoms with E-state index in [1.165, 1.54) is 6.08 Å². The van der Waals surface area contributed by atoms with Gasteiger partial charge in [-0.25, -0.2) is 4.39 Å². The van der Waals surface area contributed by atoms with Gasteiger partial charge < -0.3 is 5.11 Å². The lowest BCUT2D eigenvalue weighted by Crippen LogP contribution is -2.02. The van der Waals surface area contributed by atoms with Crippen molar-refractivity contribution in [2.75, 3.05) is 0 Å². The summed E-state index contributed by atoms with van der Waals surface area (Å²) in [4.78, 5) is 0. The van der Waals surface area contributed by atoms with Gasteiger partial charge in [0.1, 0.15) is 11.9 Å². The van der Waals surface area contributed by atoms with Gasteiger partial charge >= 0.3 is 0 Å². The van der Waals surface area contributed by atoms with Crippen molar-refractivity contribution in [3.63, 3.8) is 0 Å². The molecule has 2 heteroatoms. The Balaban J connectivity index is 2.74. The topological polar surface area (TPSA) is 20.2 Å². The summed E-state index contributed by atoms with van der Waals surface area (Å²) in [6, 6.07) is 0. The number of aliphatic hydroxyl groups excluding tert-OH is 1. The highest BCUT2D eigenvalue weighted by molar-refractivity contribution is 5.23. The summed E-state index contributed by atoms with van der Waals surface area (Å²) < 4.78 is 12.4. The van der Waals surface area contributed by atoms with Gasteiger partial charge in [-0.05, 0) is 19.1 Å². The van der Waals surface area contributed by atoms with E-state index in [1.807, 2.05) is 0 Å². The maximum Gasteiger partial charge on any atom is 0.126 e. The van der Waals surface area contributed by atoms with E-state index in [0.29, 0.717) is 6.42 Å². The first-order chi connectivity index (χ1) is 4.18. The SMILES string of the molecule is CC1=CC(O)=CC(F)C1. The van der Waals surface area contributed by atoms with Crippen LogP contribution in [0.2, 0.25) is 0 Å². The van der Waals surface area contributed by atoms with Crippen LogP contribution in [0.15, 0.2) is 23.5 Å². The Morgan fingerprint density at radius 3 is 2.89 bits per heavy atom. The second kappa shape index (κ2) is 2.21. The van der Waals surface area contributed by atoms with Crippen molar-refractivity contribution in [1.82, 2.24) is 0 Å². The molecule has 50 valence electrons. The summed E-state index contributed by atoms with van der Waals surface area (Å²) >= 11 is 0. The number of alkyl halides is 1. The van der Waals surface area contributed by atoms with Crippen molar-refractivity contribution in [2.45, 2.75) is 19.5 Å². The fraction of sp³-hybridized carbons (Fsp3) is 0.429. The summed E-state index contributed by atoms with van der Waals surface area (Å²) in [6.07, 6.45) is 2.22. The Morgan fingerprint density at radius 2 is 2.44 bits per heavy atom. The number of rotatable bonds is 0. The van der Waals surface area contributed by atoms with Crippen LogP contribution < -0.4 is 0 Å². The molecule has 0 saturated carbocycles. The predicted octanol–water partition coefficient (Wildman–Crippen LogP) is 2.12. The first kappa shape index (κ1) is 6.33. The average Bonchev–Trinajstić information content (AvgIpc) is 1.59. The van der Waals surface area contributed by atoms with Gasteiger partial charge in [-0.1, -0.05) is 5.57 Å². The third-order valence-corrected chi connectivity index (χ3v) is 1.26. The van der Waals surface area contributed by atoms with E-state index in [4.69, 9.17) is 5.11 Å². The predicted molar refractivity (Wildman–Crippen MR) is 34.0 cm³/mol. The van der Waals surface area contributed by atoms with E-state index in [1.54, 1.807) is 13.0 Å². The summed E-state index contributed by atoms with van der Waals surface area (Å²) in [6.45, 7) is 1.80. The monoisotopic (exact) mass is 128 g/mol. The molecule has 0 bridgehead atoms. The van der Waals surface area contributed by atoms with E-state index in [0.717, 1.165) is 5.57 Å². The quantitative estimate of drug-likeness (QED) is 0.529. The Morgan fingerprint density at radius 1 is 1.78 bits per heavy atom. The molecule has 0 aromatic heterocycles. The van der Waals surface area contributed by atoms with Crippen LogP contribution in [-0.4, -0.2) is 11.3 Å². The summed E-state index contributed by atoms with van der Waals surface area (Å²) in [7, 11) is 0. The van der Waals surface area contributed by atoms with Gasteiger partial charge in [-0.3, -0.25) is 0 Å². The van der Waals surface area contributed by atoms with Crippen molar-refractivity contribution in [2.24, 2.45) is 0 Å². The lowest BCUT2D eigenvalue weighted by molar-refractivity contribution is 0.360. The van der Waals surface area contributed by atoms with Crippen molar-refractivity contribution >= 4 is 0 Å². The van der Waals surface area contributed by atoms with Gasteiger partial charge in [0, 0.05) is 6.42 Å². The molecule has 1 unspecified atom stereocenters. The van der Waals surface area contributed by atoms with Gasteiger partial charge in [0.05, 0.1) is 0 Å². The lowest BCUT2D eigenvalue weighted by atomic mass is 10.0. The molecule has 1 N–H and O–H groups in total. The molecule has 0 aromatic rings. The summed E-state index contributed by atoms with van der Waals surface area (Å²) in [5.74, 6) is 0.0475. The van der Waals surface area contributed by atoms with Crippen molar-refractivity contribution in [1.29, 1.82) is 0 Å². The molecule has 0 amide bonds. The zero-order valence-electron chi connectivity index (χ0n) is 5.26. The highest BCUT2D eigenvalue weighted by Gasteiger charge is 2.09. The van der Waals surface area contributed by atoms with Gasteiger partial charge in [-0.2, -0.15) is 0 Å². The molecule has 0 spiro atoms. The van der Waals surface area contributed by atoms with Gasteiger partial charge in [0.2, 0.25) is 0 Å². The maximum absolute atomic E-state index is 12.4. The van der Waals surface area contributed by atoms with E-state index < -0.39 is 6.17 Å². The number of hydrogen-bond donors (Lipinski definition) is 1. The Kier molecular flexibility index (Phi) is 1.56. The number of hydrogen-bond acceptors (Lipinski definition) is 1. The van der Waals surface area contributed by atoms with Crippen LogP contribution in [0, 0.1) is 0 Å². The lowest BCUT2D eigenvalue weighted by Gasteiger charge is -2.08. The van der Waals surface area contributed by atoms with Crippen LogP contribution in [0.5, 0.6) is 0 Å². The molecule has 0 radical (unpaired) electrons. The number of halogens is 1. The van der Waals surface area contributed by atoms with Gasteiger partial charge in [0.25, 0.3) is 0 Å². The number of aliphatic hydroxyl groups is 1. The molecular formula is C7H9FO. The fourth-order valence-corrected chi connectivity index (χ4v) is 0.911. The van der Waals surface area contributed by atoms with Crippen LogP contribution in [0.25, 0.3) is 0 Å². The molecule has 1 rings (SSSR count). The maximum atomic E-state index is 12.4. The minimum atomic E-state index is -0.991. The zero-order chi connectivity index (χ0) is 6.85. The Bertz CT molecular complexity index is 170. The average molecular weight is 128 g/mol. The van der Waals surface area contributed by atoms with Gasteiger partial charge in [0.15, 0.2) is 0 Å². The van der Waals surface area contributed by atoms with Gasteiger partial charge in [-0.15, -0.1) is 0 Å². The summed E-state index contributed by atoms with van der Waals surface area (Å²) in [5.41, 5.74) is 0.891. The molecule has 0 saturated heterocycles. The third kappa shape index (κ3) is 1.56. The molecule has 0 aromatic carbocycles. The molecule has 1 aliphatic carbocycles. The fourth-order valence-electron chi connectivity index (χ4n) is 0.911. The molecular weight excluding hydrogens is 119 g/mol. The molecule has 0 heterocycles. The van der Waals surface area contributed by atoms with Crippen LogP contribution in [0.4, 0.5) is 4.39 Å². The molecule has 1 atom stereocenters. The van der Waals surface area contributed by atoms with Crippen LogP contribution in [-0.2, 0) is 0 Å². The molecule has 1 nitrogen and oxygen atoms in total. The Labute approximate surface area is 53.5 Å². The molecule has 1 aliphatic rings. The van der Waals surface area contributed by atoms with E-state index in [9.17, 15) is 4.39 Å². The first-order valence-corrected chi connectivity index (χ1v) is 2.90. The molecule has 0 fully saturated rings. The molecule has 0 aliphatic heterocycles. The zero-order valence-corrected chi connectivity index (χ0v) is 5.26. The largest absolute Gasteiger partial charge is 0.508 e. The smallest absolute Gasteiger partial charge is 0.126 e. The Hall–Kier alpha value is -0.790. The minimum absolute atomic E-state index is 0.0475. The van der Waals surface area contributed by atoms with E-state index >= 15 is 0 Å². The first-order valence-electron chi connectivity index (χ1n) is 2.90. The van der Waals surface area contributed by atoms with Crippen molar-refractivity contribution < 1.29 is 9.50 Å². The standard InChI is InChI=1S/C7H9FO/c1-5-2-6(8)4-7(9)3-5/h3-4,6,9H,2H2,1H3. The van der Waals surface area contributed by atoms with Crippen LogP contribution >= 0.6 is 0 Å². The minimum Gasteiger partial charge on any atom is -0.508 e. The van der Waals surface area contributed by atoms with Crippen molar-refractivity contribution in [3.05, 3.63) is 23.5 Å². The van der Waals surface area contributed by atoms with Crippen LogP contribution in [0.3, 0.4) is 0 Å². The normalized spacial score (nSPS) is 27.1. The highest BCUT2D eigenvalue weighted by atomic mass is 19.1. The third-order valence-electron chi connectivity index (χ3n) is 1.26. The second-order valence-corrected chi connectivity index (χ2v) is 2.30. The van der Waals surface area contributed by atoms with E-state index in [-0.39, 0.29) is 5.76 Å².